The number of β-amino-alcohol motifs (C(OH)–C–C–N with tert-alkyl or cyclic N) is 1. The number of carbonyl (C=O) groups excluding carboxylic acids is 2. The molecule has 5 heterocycles. The topological polar surface area (TPSA) is 144 Å². The lowest BCUT2D eigenvalue weighted by Crippen LogP contribution is -2.37. The molecular formula is C27H31N9O3S. The van der Waals surface area contributed by atoms with Crippen LogP contribution in [0.2, 0.25) is 0 Å². The number of rotatable bonds is 8. The molecule has 6 rings (SSSR count). The number of nitrogens with zero attached hydrogens (tertiary/aromatic N) is 6. The Bertz CT molecular complexity index is 1520. The van der Waals surface area contributed by atoms with Gasteiger partial charge in [-0.15, -0.1) is 0 Å². The maximum absolute atomic E-state index is 12.7. The minimum atomic E-state index is -0.418. The van der Waals surface area contributed by atoms with Crippen LogP contribution in [0.25, 0.3) is 5.65 Å². The summed E-state index contributed by atoms with van der Waals surface area (Å²) in [5.41, 5.74) is 2.41. The van der Waals surface area contributed by atoms with Crippen molar-refractivity contribution >= 4 is 46.7 Å². The zero-order chi connectivity index (χ0) is 27.6. The van der Waals surface area contributed by atoms with E-state index in [-0.39, 0.29) is 24.3 Å². The molecule has 0 unspecified atom stereocenters. The van der Waals surface area contributed by atoms with Gasteiger partial charge in [-0.1, -0.05) is 0 Å². The molecule has 0 saturated carbocycles. The maximum atomic E-state index is 12.7. The molecule has 12 nitrogen and oxygen atoms in total. The quantitative estimate of drug-likeness (QED) is 0.255. The van der Waals surface area contributed by atoms with E-state index in [0.29, 0.717) is 55.2 Å². The summed E-state index contributed by atoms with van der Waals surface area (Å²) < 4.78 is 1.86. The Balaban J connectivity index is 1.03. The number of anilines is 3. The number of aliphatic hydroxyl groups excluding tert-OH is 1. The van der Waals surface area contributed by atoms with Gasteiger partial charge >= 0.3 is 0 Å². The molecule has 40 heavy (non-hydrogen) atoms. The fraction of sp³-hybridized carbons (Fsp3) is 0.370. The molecule has 0 bridgehead atoms. The Kier molecular flexibility index (Phi) is 7.41. The van der Waals surface area contributed by atoms with E-state index < -0.39 is 6.10 Å². The Morgan fingerprint density at radius 2 is 1.98 bits per heavy atom. The third-order valence-corrected chi connectivity index (χ3v) is 8.00. The highest BCUT2D eigenvalue weighted by molar-refractivity contribution is 7.99. The number of benzene rings is 1. The number of fused-ring (bicyclic) bond motifs is 1. The second-order valence-corrected chi connectivity index (χ2v) is 11.3. The van der Waals surface area contributed by atoms with Crippen LogP contribution in [0.1, 0.15) is 18.5 Å². The van der Waals surface area contributed by atoms with Gasteiger partial charge in [0.15, 0.2) is 11.0 Å². The molecular weight excluding hydrogens is 530 g/mol. The third-order valence-electron chi connectivity index (χ3n) is 7.12. The third kappa shape index (κ3) is 5.96. The number of aliphatic hydroxyl groups is 1. The van der Waals surface area contributed by atoms with Gasteiger partial charge in [0.05, 0.1) is 18.6 Å². The van der Waals surface area contributed by atoms with Gasteiger partial charge in [-0.2, -0.15) is 10.1 Å². The molecule has 2 fully saturated rings. The Morgan fingerprint density at radius 1 is 1.12 bits per heavy atom. The van der Waals surface area contributed by atoms with Crippen LogP contribution in [-0.4, -0.2) is 90.1 Å². The second kappa shape index (κ2) is 11.3. The first kappa shape index (κ1) is 26.3. The van der Waals surface area contributed by atoms with Crippen LogP contribution in [-0.2, 0) is 9.59 Å². The zero-order valence-corrected chi connectivity index (χ0v) is 22.9. The molecule has 2 saturated heterocycles. The Hall–Kier alpha value is -3.94. The van der Waals surface area contributed by atoms with Crippen LogP contribution in [0, 0.1) is 12.8 Å². The minimum absolute atomic E-state index is 0.0896. The van der Waals surface area contributed by atoms with Crippen molar-refractivity contribution in [3.8, 4) is 0 Å². The van der Waals surface area contributed by atoms with Crippen molar-refractivity contribution in [3.63, 3.8) is 0 Å². The highest BCUT2D eigenvalue weighted by atomic mass is 32.2. The van der Waals surface area contributed by atoms with Crippen LogP contribution >= 0.6 is 11.8 Å². The van der Waals surface area contributed by atoms with Gasteiger partial charge in [-0.25, -0.2) is 4.98 Å². The number of hydrogen-bond donors (Lipinski definition) is 4. The van der Waals surface area contributed by atoms with Gasteiger partial charge in [0, 0.05) is 48.2 Å². The lowest BCUT2D eigenvalue weighted by Gasteiger charge is -2.20. The van der Waals surface area contributed by atoms with E-state index in [9.17, 15) is 14.7 Å². The summed E-state index contributed by atoms with van der Waals surface area (Å²) in [4.78, 5) is 39.4. The van der Waals surface area contributed by atoms with Crippen LogP contribution in [0.15, 0.2) is 58.7 Å². The molecule has 0 aliphatic carbocycles. The smallest absolute Gasteiger partial charge is 0.238 e. The SMILES string of the molecule is Cc1cc(Nc2nc(Sc3ccc(NC(=O)CN4CC[C@@H](C(=O)N5CC[C@@H](O)C5)C4)cc3)nc3cccn23)n[nH]1. The normalized spacial score (nSPS) is 19.4. The van der Waals surface area contributed by atoms with Gasteiger partial charge in [0.1, 0.15) is 5.65 Å². The van der Waals surface area contributed by atoms with Crippen molar-refractivity contribution in [2.24, 2.45) is 5.92 Å². The summed E-state index contributed by atoms with van der Waals surface area (Å²) in [6, 6.07) is 13.3. The number of aromatic amines is 1. The van der Waals surface area contributed by atoms with Crippen molar-refractivity contribution in [3.05, 3.63) is 54.4 Å². The van der Waals surface area contributed by atoms with Gasteiger partial charge in [0.25, 0.3) is 0 Å². The fourth-order valence-corrected chi connectivity index (χ4v) is 5.89. The average Bonchev–Trinajstić information content (AvgIpc) is 3.74. The van der Waals surface area contributed by atoms with Gasteiger partial charge in [-0.3, -0.25) is 24.0 Å². The van der Waals surface area contributed by atoms with Crippen LogP contribution in [0.3, 0.4) is 0 Å². The zero-order valence-electron chi connectivity index (χ0n) is 22.1. The first-order chi connectivity index (χ1) is 19.4. The summed E-state index contributed by atoms with van der Waals surface area (Å²) in [5, 5.41) is 23.6. The van der Waals surface area contributed by atoms with Crippen LogP contribution < -0.4 is 10.6 Å². The first-order valence-electron chi connectivity index (χ1n) is 13.3. The van der Waals surface area contributed by atoms with E-state index in [1.807, 2.05) is 64.9 Å². The van der Waals surface area contributed by atoms with Crippen molar-refractivity contribution in [1.82, 2.24) is 34.4 Å². The second-order valence-electron chi connectivity index (χ2n) is 10.2. The van der Waals surface area contributed by atoms with Crippen LogP contribution in [0.4, 0.5) is 17.5 Å². The van der Waals surface area contributed by atoms with Gasteiger partial charge in [-0.05, 0) is 74.5 Å². The fourth-order valence-electron chi connectivity index (χ4n) is 5.13. The molecule has 1 aromatic carbocycles. The molecule has 4 aromatic rings. The number of aryl methyl sites for hydroxylation is 1. The monoisotopic (exact) mass is 561 g/mol. The predicted octanol–water partition coefficient (Wildman–Crippen LogP) is 2.51. The molecule has 13 heteroatoms. The number of aromatic nitrogens is 5. The number of hydrogen-bond acceptors (Lipinski definition) is 9. The highest BCUT2D eigenvalue weighted by Crippen LogP contribution is 2.28. The van der Waals surface area contributed by atoms with E-state index in [0.717, 1.165) is 22.7 Å². The molecule has 2 atom stereocenters. The summed E-state index contributed by atoms with van der Waals surface area (Å²) >= 11 is 1.43. The standard InChI is InChI=1S/C27H31N9O3S/c1-17-13-22(33-32-17)29-26-31-27(30-23-3-2-10-36(23)26)40-21-6-4-19(5-7-21)28-24(38)16-34-11-8-18(14-34)25(39)35-12-9-20(37)15-35/h2-7,10,13,18,20,37H,8-9,11-12,14-16H2,1H3,(H,28,38)(H2,29,30,31,32,33)/t18-,20-/m1/s1. The van der Waals surface area contributed by atoms with E-state index in [4.69, 9.17) is 0 Å². The summed E-state index contributed by atoms with van der Waals surface area (Å²) in [5.74, 6) is 1.14. The van der Waals surface area contributed by atoms with Crippen molar-refractivity contribution in [1.29, 1.82) is 0 Å². The van der Waals surface area contributed by atoms with Crippen molar-refractivity contribution in [2.75, 3.05) is 43.4 Å². The van der Waals surface area contributed by atoms with Gasteiger partial charge in [0.2, 0.25) is 17.8 Å². The molecule has 208 valence electrons. The number of likely N-dealkylation sites (tertiary alicyclic amines) is 2. The minimum Gasteiger partial charge on any atom is -0.391 e. The molecule has 4 N–H and O–H groups in total. The molecule has 2 aliphatic rings. The van der Waals surface area contributed by atoms with Gasteiger partial charge < -0.3 is 20.6 Å². The molecule has 0 spiro atoms. The Morgan fingerprint density at radius 3 is 2.73 bits per heavy atom. The number of amides is 2. The summed E-state index contributed by atoms with van der Waals surface area (Å²) in [6.45, 7) is 4.47. The maximum Gasteiger partial charge on any atom is 0.238 e. The van der Waals surface area contributed by atoms with E-state index in [2.05, 4.69) is 30.8 Å². The van der Waals surface area contributed by atoms with E-state index in [1.165, 1.54) is 11.8 Å². The molecule has 2 aliphatic heterocycles. The lowest BCUT2D eigenvalue weighted by molar-refractivity contribution is -0.134. The van der Waals surface area contributed by atoms with Crippen molar-refractivity contribution in [2.45, 2.75) is 35.9 Å². The predicted molar refractivity (Wildman–Crippen MR) is 151 cm³/mol. The highest BCUT2D eigenvalue weighted by Gasteiger charge is 2.34. The lowest BCUT2D eigenvalue weighted by atomic mass is 10.1. The van der Waals surface area contributed by atoms with E-state index >= 15 is 0 Å². The van der Waals surface area contributed by atoms with Crippen molar-refractivity contribution < 1.29 is 14.7 Å². The average molecular weight is 562 g/mol. The van der Waals surface area contributed by atoms with Crippen LogP contribution in [0.5, 0.6) is 0 Å². The first-order valence-corrected chi connectivity index (χ1v) is 14.1. The molecule has 2 amide bonds. The largest absolute Gasteiger partial charge is 0.391 e. The Labute approximate surface area is 235 Å². The summed E-state index contributed by atoms with van der Waals surface area (Å²) in [7, 11) is 0. The number of carbonyl (C=O) groups is 2. The molecule has 3 aromatic heterocycles. The number of nitrogens with one attached hydrogen (secondary N) is 3. The molecule has 0 radical (unpaired) electrons. The summed E-state index contributed by atoms with van der Waals surface area (Å²) in [6.07, 6.45) is 2.85. The van der Waals surface area contributed by atoms with E-state index in [1.54, 1.807) is 4.90 Å². The number of H-pyrrole nitrogens is 1.